The molecule has 2 rings (SSSR count). The van der Waals surface area contributed by atoms with Gasteiger partial charge in [0, 0.05) is 6.04 Å². The third-order valence-corrected chi connectivity index (χ3v) is 4.48. The molecule has 2 nitrogen and oxygen atoms in total. The molecule has 3 unspecified atom stereocenters. The van der Waals surface area contributed by atoms with Crippen LogP contribution in [0.15, 0.2) is 0 Å². The Balaban J connectivity index is 1.84. The molecular formula is C15H29NO. The minimum absolute atomic E-state index is 0.491. The minimum atomic E-state index is 0.491. The lowest BCUT2D eigenvalue weighted by molar-refractivity contribution is -0.0867. The van der Waals surface area contributed by atoms with Crippen LogP contribution in [-0.2, 0) is 4.74 Å². The van der Waals surface area contributed by atoms with Crippen LogP contribution >= 0.6 is 0 Å². The Morgan fingerprint density at radius 2 is 1.94 bits per heavy atom. The number of rotatable bonds is 6. The van der Waals surface area contributed by atoms with Gasteiger partial charge in [0.05, 0.1) is 12.2 Å². The molecule has 0 aromatic carbocycles. The summed E-state index contributed by atoms with van der Waals surface area (Å²) in [6.07, 6.45) is 11.8. The van der Waals surface area contributed by atoms with Gasteiger partial charge in [-0.3, -0.25) is 0 Å². The van der Waals surface area contributed by atoms with Crippen LogP contribution < -0.4 is 5.32 Å². The van der Waals surface area contributed by atoms with Crippen molar-refractivity contribution >= 4 is 0 Å². The molecule has 2 aliphatic carbocycles. The Hall–Kier alpha value is -0.0800. The van der Waals surface area contributed by atoms with Crippen molar-refractivity contribution in [1.82, 2.24) is 5.32 Å². The van der Waals surface area contributed by atoms with E-state index in [0.717, 1.165) is 12.5 Å². The van der Waals surface area contributed by atoms with E-state index in [4.69, 9.17) is 4.74 Å². The summed E-state index contributed by atoms with van der Waals surface area (Å²) in [5.41, 5.74) is 0. The maximum Gasteiger partial charge on any atom is 0.0734 e. The first-order valence-electron chi connectivity index (χ1n) is 7.72. The molecule has 2 fully saturated rings. The smallest absolute Gasteiger partial charge is 0.0734 e. The van der Waals surface area contributed by atoms with Crippen molar-refractivity contribution in [2.75, 3.05) is 6.54 Å². The van der Waals surface area contributed by atoms with Gasteiger partial charge in [-0.25, -0.2) is 0 Å². The SMILES string of the molecule is CCCC1CCC(NCC)C(OC2CCC2)C1. The van der Waals surface area contributed by atoms with E-state index in [1.54, 1.807) is 0 Å². The van der Waals surface area contributed by atoms with Gasteiger partial charge in [0.15, 0.2) is 0 Å². The lowest BCUT2D eigenvalue weighted by Gasteiger charge is -2.40. The van der Waals surface area contributed by atoms with E-state index in [9.17, 15) is 0 Å². The van der Waals surface area contributed by atoms with E-state index in [-0.39, 0.29) is 0 Å². The molecule has 0 aliphatic heterocycles. The lowest BCUT2D eigenvalue weighted by Crippen LogP contribution is -2.47. The first-order valence-corrected chi connectivity index (χ1v) is 7.72. The predicted molar refractivity (Wildman–Crippen MR) is 72.2 cm³/mol. The first kappa shape index (κ1) is 13.4. The van der Waals surface area contributed by atoms with E-state index < -0.39 is 0 Å². The molecule has 2 saturated carbocycles. The molecule has 3 atom stereocenters. The number of ether oxygens (including phenoxy) is 1. The molecule has 0 aromatic rings. The molecule has 1 N–H and O–H groups in total. The highest BCUT2D eigenvalue weighted by molar-refractivity contribution is 4.87. The van der Waals surface area contributed by atoms with Crippen LogP contribution in [0.25, 0.3) is 0 Å². The van der Waals surface area contributed by atoms with E-state index in [2.05, 4.69) is 19.2 Å². The summed E-state index contributed by atoms with van der Waals surface area (Å²) in [6, 6.07) is 0.619. The molecule has 0 saturated heterocycles. The van der Waals surface area contributed by atoms with Crippen molar-refractivity contribution in [2.24, 2.45) is 5.92 Å². The van der Waals surface area contributed by atoms with E-state index in [0.29, 0.717) is 18.2 Å². The number of nitrogens with one attached hydrogen (secondary N) is 1. The maximum absolute atomic E-state index is 6.31. The second-order valence-corrected chi connectivity index (χ2v) is 5.86. The van der Waals surface area contributed by atoms with Gasteiger partial charge in [-0.1, -0.05) is 26.7 Å². The molecule has 2 heteroatoms. The number of hydrogen-bond acceptors (Lipinski definition) is 2. The van der Waals surface area contributed by atoms with Gasteiger partial charge in [0.2, 0.25) is 0 Å². The summed E-state index contributed by atoms with van der Waals surface area (Å²) in [4.78, 5) is 0. The van der Waals surface area contributed by atoms with E-state index in [1.807, 2.05) is 0 Å². The van der Waals surface area contributed by atoms with Crippen LogP contribution in [0.1, 0.15) is 65.2 Å². The Bertz CT molecular complexity index is 215. The molecule has 2 aliphatic rings. The Labute approximate surface area is 107 Å². The quantitative estimate of drug-likeness (QED) is 0.766. The minimum Gasteiger partial charge on any atom is -0.373 e. The van der Waals surface area contributed by atoms with Crippen molar-refractivity contribution in [1.29, 1.82) is 0 Å². The van der Waals surface area contributed by atoms with Crippen LogP contribution in [-0.4, -0.2) is 24.8 Å². The van der Waals surface area contributed by atoms with Crippen molar-refractivity contribution in [2.45, 2.75) is 83.5 Å². The number of hydrogen-bond donors (Lipinski definition) is 1. The predicted octanol–water partition coefficient (Wildman–Crippen LogP) is 3.50. The van der Waals surface area contributed by atoms with Crippen LogP contribution in [0.4, 0.5) is 0 Å². The monoisotopic (exact) mass is 239 g/mol. The Morgan fingerprint density at radius 1 is 1.12 bits per heavy atom. The van der Waals surface area contributed by atoms with Crippen molar-refractivity contribution < 1.29 is 4.74 Å². The standard InChI is InChI=1S/C15H29NO/c1-3-6-12-9-10-14(16-4-2)15(11-12)17-13-7-5-8-13/h12-16H,3-11H2,1-2H3. The van der Waals surface area contributed by atoms with Gasteiger partial charge in [-0.2, -0.15) is 0 Å². The van der Waals surface area contributed by atoms with Gasteiger partial charge in [-0.05, 0) is 51.0 Å². The zero-order chi connectivity index (χ0) is 12.1. The fourth-order valence-electron chi connectivity index (χ4n) is 3.28. The third-order valence-electron chi connectivity index (χ3n) is 4.48. The molecule has 100 valence electrons. The Morgan fingerprint density at radius 3 is 2.53 bits per heavy atom. The zero-order valence-corrected chi connectivity index (χ0v) is 11.6. The molecule has 0 radical (unpaired) electrons. The first-order chi connectivity index (χ1) is 8.33. The fourth-order valence-corrected chi connectivity index (χ4v) is 3.28. The summed E-state index contributed by atoms with van der Waals surface area (Å²) >= 11 is 0. The van der Waals surface area contributed by atoms with Gasteiger partial charge >= 0.3 is 0 Å². The van der Waals surface area contributed by atoms with Crippen LogP contribution in [0.5, 0.6) is 0 Å². The Kier molecular flexibility index (Phi) is 5.30. The van der Waals surface area contributed by atoms with Gasteiger partial charge < -0.3 is 10.1 Å². The summed E-state index contributed by atoms with van der Waals surface area (Å²) in [7, 11) is 0. The molecule has 0 amide bonds. The highest BCUT2D eigenvalue weighted by Crippen LogP contribution is 2.33. The second-order valence-electron chi connectivity index (χ2n) is 5.86. The molecule has 0 spiro atoms. The topological polar surface area (TPSA) is 21.3 Å². The summed E-state index contributed by atoms with van der Waals surface area (Å²) in [6.45, 7) is 5.59. The zero-order valence-electron chi connectivity index (χ0n) is 11.6. The normalized spacial score (nSPS) is 34.6. The highest BCUT2D eigenvalue weighted by Gasteiger charge is 2.33. The van der Waals surface area contributed by atoms with Crippen LogP contribution in [0, 0.1) is 5.92 Å². The summed E-state index contributed by atoms with van der Waals surface area (Å²) in [5, 5.41) is 3.63. The van der Waals surface area contributed by atoms with Crippen molar-refractivity contribution in [3.8, 4) is 0 Å². The summed E-state index contributed by atoms with van der Waals surface area (Å²) < 4.78 is 6.31. The van der Waals surface area contributed by atoms with E-state index >= 15 is 0 Å². The molecule has 0 bridgehead atoms. The van der Waals surface area contributed by atoms with Crippen molar-refractivity contribution in [3.05, 3.63) is 0 Å². The third kappa shape index (κ3) is 3.69. The van der Waals surface area contributed by atoms with Crippen LogP contribution in [0.3, 0.4) is 0 Å². The molecular weight excluding hydrogens is 210 g/mol. The summed E-state index contributed by atoms with van der Waals surface area (Å²) in [5.74, 6) is 0.917. The molecule has 0 aromatic heterocycles. The average Bonchev–Trinajstić information content (AvgIpc) is 2.27. The largest absolute Gasteiger partial charge is 0.373 e. The second kappa shape index (κ2) is 6.75. The van der Waals surface area contributed by atoms with Gasteiger partial charge in [0.1, 0.15) is 0 Å². The molecule has 17 heavy (non-hydrogen) atoms. The lowest BCUT2D eigenvalue weighted by atomic mass is 9.81. The fraction of sp³-hybridized carbons (Fsp3) is 1.00. The maximum atomic E-state index is 6.31. The van der Waals surface area contributed by atoms with Gasteiger partial charge in [-0.15, -0.1) is 0 Å². The number of likely N-dealkylation sites (N-methyl/N-ethyl adjacent to an activating group) is 1. The molecule has 0 heterocycles. The average molecular weight is 239 g/mol. The highest BCUT2D eigenvalue weighted by atomic mass is 16.5. The van der Waals surface area contributed by atoms with Crippen LogP contribution in [0.2, 0.25) is 0 Å². The van der Waals surface area contributed by atoms with Crippen molar-refractivity contribution in [3.63, 3.8) is 0 Å². The van der Waals surface area contributed by atoms with Gasteiger partial charge in [0.25, 0.3) is 0 Å². The van der Waals surface area contributed by atoms with E-state index in [1.165, 1.54) is 51.4 Å².